The van der Waals surface area contributed by atoms with Crippen molar-refractivity contribution in [3.63, 3.8) is 0 Å². The first-order valence-electron chi connectivity index (χ1n) is 7.17. The molecule has 2 aromatic heterocycles. The van der Waals surface area contributed by atoms with Crippen LogP contribution in [0.2, 0.25) is 0 Å². The predicted octanol–water partition coefficient (Wildman–Crippen LogP) is 3.03. The van der Waals surface area contributed by atoms with Crippen LogP contribution in [0.4, 0.5) is 5.69 Å². The van der Waals surface area contributed by atoms with E-state index in [1.165, 1.54) is 12.3 Å². The molecule has 0 amide bonds. The highest BCUT2D eigenvalue weighted by atomic mass is 32.2. The fourth-order valence-corrected chi connectivity index (χ4v) is 3.28. The number of nitrogens with zero attached hydrogens (tertiary/aromatic N) is 2. The van der Waals surface area contributed by atoms with E-state index in [2.05, 4.69) is 10.1 Å². The highest BCUT2D eigenvalue weighted by Crippen LogP contribution is 2.29. The van der Waals surface area contributed by atoms with Gasteiger partial charge < -0.3 is 10.3 Å². The van der Waals surface area contributed by atoms with E-state index in [9.17, 15) is 8.42 Å². The summed E-state index contributed by atoms with van der Waals surface area (Å²) >= 11 is 0. The molecule has 0 atom stereocenters. The van der Waals surface area contributed by atoms with Gasteiger partial charge in [0.15, 0.2) is 15.4 Å². The molecule has 0 aliphatic heterocycles. The number of hydrogen-bond donors (Lipinski definition) is 1. The topological polar surface area (TPSA) is 99.1 Å². The standard InChI is InChI=1S/C17H13N3O3S/c1-24(21,22)12-4-5-15-13(7-12)14(18)8-16(20-15)10-2-3-11-9-19-23-17(11)6-10/h2-9H,1H3,(H2,18,20). The monoisotopic (exact) mass is 339 g/mol. The molecule has 6 nitrogen and oxygen atoms in total. The van der Waals surface area contributed by atoms with Gasteiger partial charge in [-0.05, 0) is 36.4 Å². The largest absolute Gasteiger partial charge is 0.398 e. The highest BCUT2D eigenvalue weighted by Gasteiger charge is 2.12. The fourth-order valence-electron chi connectivity index (χ4n) is 2.63. The molecule has 2 aromatic carbocycles. The van der Waals surface area contributed by atoms with Gasteiger partial charge >= 0.3 is 0 Å². The summed E-state index contributed by atoms with van der Waals surface area (Å²) < 4.78 is 28.6. The molecule has 120 valence electrons. The summed E-state index contributed by atoms with van der Waals surface area (Å²) in [5, 5.41) is 5.28. The van der Waals surface area contributed by atoms with Crippen LogP contribution >= 0.6 is 0 Å². The van der Waals surface area contributed by atoms with Gasteiger partial charge in [0.25, 0.3) is 0 Å². The number of fused-ring (bicyclic) bond motifs is 2. The summed E-state index contributed by atoms with van der Waals surface area (Å²) in [7, 11) is -3.29. The number of aromatic nitrogens is 2. The van der Waals surface area contributed by atoms with Crippen LogP contribution in [-0.2, 0) is 9.84 Å². The first kappa shape index (κ1) is 14.6. The smallest absolute Gasteiger partial charge is 0.175 e. The van der Waals surface area contributed by atoms with E-state index >= 15 is 0 Å². The number of rotatable bonds is 2. The Bertz CT molecular complexity index is 1200. The SMILES string of the molecule is CS(=O)(=O)c1ccc2nc(-c3ccc4cnoc4c3)cc(N)c2c1. The lowest BCUT2D eigenvalue weighted by atomic mass is 10.1. The van der Waals surface area contributed by atoms with Crippen molar-refractivity contribution in [3.8, 4) is 11.3 Å². The Morgan fingerprint density at radius 2 is 1.92 bits per heavy atom. The first-order chi connectivity index (χ1) is 11.4. The van der Waals surface area contributed by atoms with Crippen molar-refractivity contribution in [2.45, 2.75) is 4.90 Å². The molecule has 0 bridgehead atoms. The zero-order valence-electron chi connectivity index (χ0n) is 12.7. The Balaban J connectivity index is 1.91. The number of hydrogen-bond acceptors (Lipinski definition) is 6. The number of anilines is 1. The molecule has 0 spiro atoms. The van der Waals surface area contributed by atoms with Crippen LogP contribution in [0, 0.1) is 0 Å². The third-order valence-electron chi connectivity index (χ3n) is 3.89. The molecule has 2 heterocycles. The Hall–Kier alpha value is -2.93. The summed E-state index contributed by atoms with van der Waals surface area (Å²) in [6.07, 6.45) is 2.81. The lowest BCUT2D eigenvalue weighted by Gasteiger charge is -2.08. The first-order valence-corrected chi connectivity index (χ1v) is 9.06. The van der Waals surface area contributed by atoms with Crippen molar-refractivity contribution in [2.24, 2.45) is 0 Å². The van der Waals surface area contributed by atoms with Crippen LogP contribution in [-0.4, -0.2) is 24.8 Å². The van der Waals surface area contributed by atoms with Crippen molar-refractivity contribution < 1.29 is 12.9 Å². The average molecular weight is 339 g/mol. The molecular formula is C17H13N3O3S. The molecule has 0 saturated carbocycles. The molecule has 0 radical (unpaired) electrons. The maximum Gasteiger partial charge on any atom is 0.175 e. The average Bonchev–Trinajstić information content (AvgIpc) is 3.01. The van der Waals surface area contributed by atoms with Crippen LogP contribution in [0.5, 0.6) is 0 Å². The zero-order valence-corrected chi connectivity index (χ0v) is 13.5. The maximum absolute atomic E-state index is 11.7. The molecule has 4 aromatic rings. The summed E-state index contributed by atoms with van der Waals surface area (Å²) in [6, 6.07) is 12.1. The van der Waals surface area contributed by atoms with Crippen molar-refractivity contribution in [1.82, 2.24) is 10.1 Å². The van der Waals surface area contributed by atoms with Gasteiger partial charge in [0.2, 0.25) is 0 Å². The lowest BCUT2D eigenvalue weighted by molar-refractivity contribution is 0.456. The van der Waals surface area contributed by atoms with Crippen LogP contribution in [0.15, 0.2) is 58.1 Å². The van der Waals surface area contributed by atoms with Crippen LogP contribution in [0.3, 0.4) is 0 Å². The number of nitrogen functional groups attached to an aromatic ring is 1. The maximum atomic E-state index is 11.7. The molecular weight excluding hydrogens is 326 g/mol. The van der Waals surface area contributed by atoms with Crippen LogP contribution in [0.25, 0.3) is 33.1 Å². The van der Waals surface area contributed by atoms with E-state index in [0.29, 0.717) is 27.9 Å². The second kappa shape index (κ2) is 5.04. The van der Waals surface area contributed by atoms with E-state index in [0.717, 1.165) is 10.9 Å². The van der Waals surface area contributed by atoms with Crippen LogP contribution in [0.1, 0.15) is 0 Å². The molecule has 24 heavy (non-hydrogen) atoms. The van der Waals surface area contributed by atoms with E-state index in [4.69, 9.17) is 10.3 Å². The van der Waals surface area contributed by atoms with E-state index < -0.39 is 9.84 Å². The predicted molar refractivity (Wildman–Crippen MR) is 92.3 cm³/mol. The van der Waals surface area contributed by atoms with Crippen LogP contribution < -0.4 is 5.73 Å². The summed E-state index contributed by atoms with van der Waals surface area (Å²) in [5.74, 6) is 0. The lowest BCUT2D eigenvalue weighted by Crippen LogP contribution is -1.99. The third kappa shape index (κ3) is 2.39. The number of nitrogens with two attached hydrogens (primary N) is 1. The van der Waals surface area contributed by atoms with Gasteiger partial charge in [0, 0.05) is 28.3 Å². The van der Waals surface area contributed by atoms with Gasteiger partial charge in [-0.1, -0.05) is 11.2 Å². The van der Waals surface area contributed by atoms with Crippen molar-refractivity contribution in [3.05, 3.63) is 48.7 Å². The number of benzene rings is 2. The van der Waals surface area contributed by atoms with Gasteiger partial charge in [-0.15, -0.1) is 0 Å². The molecule has 0 aliphatic carbocycles. The molecule has 0 saturated heterocycles. The van der Waals surface area contributed by atoms with Crippen molar-refractivity contribution in [1.29, 1.82) is 0 Å². The quantitative estimate of drug-likeness (QED) is 0.602. The van der Waals surface area contributed by atoms with Crippen molar-refractivity contribution >= 4 is 37.4 Å². The molecule has 0 unspecified atom stereocenters. The minimum atomic E-state index is -3.29. The second-order valence-corrected chi connectivity index (χ2v) is 7.64. The minimum Gasteiger partial charge on any atom is -0.398 e. The molecule has 0 aliphatic rings. The Labute approximate surface area is 137 Å². The Kier molecular flexibility index (Phi) is 3.07. The number of pyridine rings is 1. The Morgan fingerprint density at radius 1 is 1.08 bits per heavy atom. The fraction of sp³-hybridized carbons (Fsp3) is 0.0588. The normalized spacial score (nSPS) is 12.0. The zero-order chi connectivity index (χ0) is 16.9. The van der Waals surface area contributed by atoms with E-state index in [-0.39, 0.29) is 4.90 Å². The summed E-state index contributed by atoms with van der Waals surface area (Å²) in [4.78, 5) is 4.81. The Morgan fingerprint density at radius 3 is 2.71 bits per heavy atom. The van der Waals surface area contributed by atoms with Crippen molar-refractivity contribution in [2.75, 3.05) is 12.0 Å². The number of sulfone groups is 1. The van der Waals surface area contributed by atoms with Gasteiger partial charge in [-0.2, -0.15) is 0 Å². The second-order valence-electron chi connectivity index (χ2n) is 5.63. The molecule has 0 fully saturated rings. The van der Waals surface area contributed by atoms with Gasteiger partial charge in [0.1, 0.15) is 0 Å². The summed E-state index contributed by atoms with van der Waals surface area (Å²) in [6.45, 7) is 0. The highest BCUT2D eigenvalue weighted by molar-refractivity contribution is 7.90. The van der Waals surface area contributed by atoms with E-state index in [1.54, 1.807) is 24.4 Å². The molecule has 2 N–H and O–H groups in total. The minimum absolute atomic E-state index is 0.222. The molecule has 7 heteroatoms. The van der Waals surface area contributed by atoms with Gasteiger partial charge in [-0.3, -0.25) is 0 Å². The van der Waals surface area contributed by atoms with E-state index in [1.807, 2.05) is 18.2 Å². The summed E-state index contributed by atoms with van der Waals surface area (Å²) in [5.41, 5.74) is 9.43. The third-order valence-corrected chi connectivity index (χ3v) is 5.00. The van der Waals surface area contributed by atoms with Gasteiger partial charge in [0.05, 0.1) is 22.3 Å². The molecule has 4 rings (SSSR count). The van der Waals surface area contributed by atoms with Gasteiger partial charge in [-0.25, -0.2) is 13.4 Å².